The highest BCUT2D eigenvalue weighted by Gasteiger charge is 2.24. The molecule has 0 aliphatic rings. The average Bonchev–Trinajstić information content (AvgIpc) is 2.96. The van der Waals surface area contributed by atoms with Gasteiger partial charge in [-0.05, 0) is 17.5 Å². The zero-order valence-electron chi connectivity index (χ0n) is 12.8. The van der Waals surface area contributed by atoms with Gasteiger partial charge >= 0.3 is 5.97 Å². The lowest BCUT2D eigenvalue weighted by molar-refractivity contribution is -0.140. The lowest BCUT2D eigenvalue weighted by Crippen LogP contribution is -2.36. The van der Waals surface area contributed by atoms with Crippen LogP contribution in [0, 0.1) is 0 Å². The van der Waals surface area contributed by atoms with E-state index in [1.807, 2.05) is 13.8 Å². The van der Waals surface area contributed by atoms with Crippen molar-refractivity contribution < 1.29 is 19.1 Å². The monoisotopic (exact) mass is 315 g/mol. The first-order valence-corrected chi connectivity index (χ1v) is 7.45. The van der Waals surface area contributed by atoms with Crippen molar-refractivity contribution in [1.82, 2.24) is 14.5 Å². The van der Waals surface area contributed by atoms with E-state index < -0.39 is 0 Å². The Hall–Kier alpha value is -1.54. The number of methoxy groups -OCH3 is 2. The Labute approximate surface area is 128 Å². The van der Waals surface area contributed by atoms with Gasteiger partial charge in [0.05, 0.1) is 25.8 Å². The highest BCUT2D eigenvalue weighted by atomic mass is 32.1. The summed E-state index contributed by atoms with van der Waals surface area (Å²) in [6, 6.07) is 0. The number of amides is 1. The SMILES string of the molecule is COCCN(CCC(=O)OC)C(=O)c1snnc1C(C)C. The quantitative estimate of drug-likeness (QED) is 0.673. The minimum atomic E-state index is -0.350. The van der Waals surface area contributed by atoms with E-state index in [4.69, 9.17) is 4.74 Å². The van der Waals surface area contributed by atoms with Crippen molar-refractivity contribution in [3.63, 3.8) is 0 Å². The molecule has 0 aromatic carbocycles. The molecular weight excluding hydrogens is 294 g/mol. The van der Waals surface area contributed by atoms with Gasteiger partial charge in [-0.3, -0.25) is 9.59 Å². The summed E-state index contributed by atoms with van der Waals surface area (Å²) in [4.78, 5) is 25.9. The zero-order valence-corrected chi connectivity index (χ0v) is 13.6. The van der Waals surface area contributed by atoms with Gasteiger partial charge in [-0.25, -0.2) is 0 Å². The molecule has 0 aliphatic heterocycles. The van der Waals surface area contributed by atoms with Crippen LogP contribution < -0.4 is 0 Å². The number of ether oxygens (including phenoxy) is 2. The zero-order chi connectivity index (χ0) is 15.8. The van der Waals surface area contributed by atoms with Crippen LogP contribution in [0.3, 0.4) is 0 Å². The fourth-order valence-electron chi connectivity index (χ4n) is 1.71. The summed E-state index contributed by atoms with van der Waals surface area (Å²) in [6.45, 7) is 5.01. The molecule has 0 N–H and O–H groups in total. The Bertz CT molecular complexity index is 476. The Balaban J connectivity index is 2.83. The maximum atomic E-state index is 12.6. The van der Waals surface area contributed by atoms with E-state index in [1.54, 1.807) is 12.0 Å². The summed E-state index contributed by atoms with van der Waals surface area (Å²) >= 11 is 1.08. The Morgan fingerprint density at radius 1 is 1.29 bits per heavy atom. The molecule has 118 valence electrons. The fraction of sp³-hybridized carbons (Fsp3) is 0.692. The summed E-state index contributed by atoms with van der Waals surface area (Å²) in [5.41, 5.74) is 0.686. The Kier molecular flexibility index (Phi) is 7.24. The van der Waals surface area contributed by atoms with Crippen LogP contribution in [0.5, 0.6) is 0 Å². The van der Waals surface area contributed by atoms with E-state index in [-0.39, 0.29) is 30.8 Å². The summed E-state index contributed by atoms with van der Waals surface area (Å²) in [5, 5.41) is 4.01. The second kappa shape index (κ2) is 8.68. The molecule has 7 nitrogen and oxygen atoms in total. The summed E-state index contributed by atoms with van der Waals surface area (Å²) in [6.07, 6.45) is 0.148. The van der Waals surface area contributed by atoms with E-state index in [2.05, 4.69) is 14.3 Å². The number of hydrogen-bond donors (Lipinski definition) is 0. The van der Waals surface area contributed by atoms with Gasteiger partial charge in [0.25, 0.3) is 5.91 Å². The number of carbonyl (C=O) groups is 2. The highest BCUT2D eigenvalue weighted by molar-refractivity contribution is 7.08. The molecule has 1 heterocycles. The standard InChI is InChI=1S/C13H21N3O4S/c1-9(2)11-12(21-15-14-11)13(18)16(7-8-19-3)6-5-10(17)20-4/h9H,5-8H2,1-4H3. The van der Waals surface area contributed by atoms with Crippen molar-refractivity contribution >= 4 is 23.4 Å². The molecule has 1 aromatic heterocycles. The molecule has 0 saturated carbocycles. The van der Waals surface area contributed by atoms with Gasteiger partial charge in [-0.2, -0.15) is 0 Å². The van der Waals surface area contributed by atoms with Crippen molar-refractivity contribution in [2.45, 2.75) is 26.2 Å². The first-order valence-electron chi connectivity index (χ1n) is 6.68. The average molecular weight is 315 g/mol. The first-order chi connectivity index (χ1) is 10.0. The van der Waals surface area contributed by atoms with Gasteiger partial charge in [0.15, 0.2) is 0 Å². The predicted octanol–water partition coefficient (Wildman–Crippen LogP) is 1.31. The number of rotatable bonds is 8. The van der Waals surface area contributed by atoms with Crippen molar-refractivity contribution in [1.29, 1.82) is 0 Å². The predicted molar refractivity (Wildman–Crippen MR) is 78.4 cm³/mol. The van der Waals surface area contributed by atoms with E-state index in [1.165, 1.54) is 7.11 Å². The molecule has 0 unspecified atom stereocenters. The van der Waals surface area contributed by atoms with Gasteiger partial charge < -0.3 is 14.4 Å². The van der Waals surface area contributed by atoms with Crippen molar-refractivity contribution in [3.05, 3.63) is 10.6 Å². The molecule has 1 aromatic rings. The first kappa shape index (κ1) is 17.5. The molecule has 1 rings (SSSR count). The number of nitrogens with zero attached hydrogens (tertiary/aromatic N) is 3. The number of hydrogen-bond acceptors (Lipinski definition) is 7. The molecule has 8 heteroatoms. The van der Waals surface area contributed by atoms with Crippen LogP contribution in [0.25, 0.3) is 0 Å². The van der Waals surface area contributed by atoms with Crippen molar-refractivity contribution in [2.24, 2.45) is 0 Å². The maximum Gasteiger partial charge on any atom is 0.307 e. The normalized spacial score (nSPS) is 10.7. The summed E-state index contributed by atoms with van der Waals surface area (Å²) < 4.78 is 13.5. The van der Waals surface area contributed by atoms with Crippen molar-refractivity contribution in [2.75, 3.05) is 33.9 Å². The van der Waals surface area contributed by atoms with Crippen LogP contribution in [0.4, 0.5) is 0 Å². The molecule has 21 heavy (non-hydrogen) atoms. The molecule has 0 fully saturated rings. The van der Waals surface area contributed by atoms with Crippen LogP contribution >= 0.6 is 11.5 Å². The lowest BCUT2D eigenvalue weighted by atomic mass is 10.1. The molecular formula is C13H21N3O4S. The third kappa shape index (κ3) is 5.05. The number of esters is 1. The third-order valence-electron chi connectivity index (χ3n) is 2.92. The van der Waals surface area contributed by atoms with E-state index in [9.17, 15) is 9.59 Å². The van der Waals surface area contributed by atoms with E-state index in [0.717, 1.165) is 11.5 Å². The second-order valence-electron chi connectivity index (χ2n) is 4.75. The maximum absolute atomic E-state index is 12.6. The topological polar surface area (TPSA) is 81.6 Å². The van der Waals surface area contributed by atoms with Crippen LogP contribution in [-0.4, -0.2) is 60.3 Å². The van der Waals surface area contributed by atoms with Gasteiger partial charge in [-0.15, -0.1) is 5.10 Å². The van der Waals surface area contributed by atoms with E-state index in [0.29, 0.717) is 23.7 Å². The number of aromatic nitrogens is 2. The van der Waals surface area contributed by atoms with Crippen molar-refractivity contribution in [3.8, 4) is 0 Å². The highest BCUT2D eigenvalue weighted by Crippen LogP contribution is 2.21. The van der Waals surface area contributed by atoms with Crippen LogP contribution in [0.1, 0.15) is 41.6 Å². The van der Waals surface area contributed by atoms with Gasteiger partial charge in [0.1, 0.15) is 4.88 Å². The molecule has 0 aliphatic carbocycles. The Morgan fingerprint density at radius 2 is 2.00 bits per heavy atom. The van der Waals surface area contributed by atoms with Crippen LogP contribution in [-0.2, 0) is 14.3 Å². The van der Waals surface area contributed by atoms with Crippen LogP contribution in [0.2, 0.25) is 0 Å². The smallest absolute Gasteiger partial charge is 0.307 e. The molecule has 0 spiro atoms. The summed E-state index contributed by atoms with van der Waals surface area (Å²) in [5.74, 6) is -0.404. The third-order valence-corrected chi connectivity index (χ3v) is 3.65. The van der Waals surface area contributed by atoms with E-state index >= 15 is 0 Å². The molecule has 1 amide bonds. The minimum absolute atomic E-state index is 0.118. The molecule has 0 radical (unpaired) electrons. The number of carbonyl (C=O) groups excluding carboxylic acids is 2. The molecule has 0 saturated heterocycles. The molecule has 0 atom stereocenters. The largest absolute Gasteiger partial charge is 0.469 e. The fourth-order valence-corrected chi connectivity index (χ4v) is 2.50. The second-order valence-corrected chi connectivity index (χ2v) is 5.51. The lowest BCUT2D eigenvalue weighted by Gasteiger charge is -2.21. The van der Waals surface area contributed by atoms with Gasteiger partial charge in [0.2, 0.25) is 0 Å². The minimum Gasteiger partial charge on any atom is -0.469 e. The molecule has 0 bridgehead atoms. The summed E-state index contributed by atoms with van der Waals surface area (Å²) in [7, 11) is 2.89. The van der Waals surface area contributed by atoms with Gasteiger partial charge in [-0.1, -0.05) is 18.3 Å². The van der Waals surface area contributed by atoms with Gasteiger partial charge in [0, 0.05) is 20.2 Å². The van der Waals surface area contributed by atoms with Crippen LogP contribution in [0.15, 0.2) is 0 Å². The Morgan fingerprint density at radius 3 is 2.57 bits per heavy atom.